The van der Waals surface area contributed by atoms with Crippen LogP contribution in [0.5, 0.6) is 0 Å². The van der Waals surface area contributed by atoms with Crippen molar-refractivity contribution in [3.05, 3.63) is 35.4 Å². The van der Waals surface area contributed by atoms with E-state index >= 15 is 0 Å². The Morgan fingerprint density at radius 1 is 0.595 bits per heavy atom. The number of hydroxylamine groups is 6. The molecule has 3 fully saturated rings. The maximum atomic E-state index is 11.3. The van der Waals surface area contributed by atoms with Gasteiger partial charge in [0.25, 0.3) is 35.4 Å². The highest BCUT2D eigenvalue weighted by molar-refractivity contribution is 6.03. The molecule has 0 atom stereocenters. The van der Waals surface area contributed by atoms with Crippen LogP contribution in [0.1, 0.15) is 49.7 Å². The zero-order valence-corrected chi connectivity index (χ0v) is 19.5. The van der Waals surface area contributed by atoms with Gasteiger partial charge in [-0.05, 0) is 12.5 Å². The second-order valence-corrected chi connectivity index (χ2v) is 7.79. The molecule has 0 radical (unpaired) electrons. The molecule has 0 saturated carbocycles. The van der Waals surface area contributed by atoms with E-state index in [0.29, 0.717) is 5.06 Å². The fourth-order valence-electron chi connectivity index (χ4n) is 3.07. The number of amides is 6. The van der Waals surface area contributed by atoms with Crippen LogP contribution in [0.4, 0.5) is 9.59 Å². The molecule has 0 aromatic heterocycles. The summed E-state index contributed by atoms with van der Waals surface area (Å²) in [5.41, 5.74) is 1.89. The molecule has 15 heteroatoms. The molecule has 1 aromatic rings. The van der Waals surface area contributed by atoms with Crippen molar-refractivity contribution in [1.29, 1.82) is 0 Å². The summed E-state index contributed by atoms with van der Waals surface area (Å²) in [5.74, 6) is -3.80. The quantitative estimate of drug-likeness (QED) is 0.397. The summed E-state index contributed by atoms with van der Waals surface area (Å²) in [7, 11) is 0. The molecule has 3 aliphatic heterocycles. The number of nitrogens with zero attached hydrogens (tertiary/aromatic N) is 3. The summed E-state index contributed by atoms with van der Waals surface area (Å²) < 4.78 is 4.82. The highest BCUT2D eigenvalue weighted by Gasteiger charge is 2.37. The van der Waals surface area contributed by atoms with Gasteiger partial charge in [0.15, 0.2) is 0 Å². The Bertz CT molecular complexity index is 1060. The Kier molecular flexibility index (Phi) is 8.50. The minimum Gasteiger partial charge on any atom is -0.428 e. The highest BCUT2D eigenvalue weighted by atomic mass is 16.9. The van der Waals surface area contributed by atoms with E-state index in [1.807, 2.05) is 31.2 Å². The standard InChI is InChI=1S/C13H13NO5.C9H8N2O7/c1-9-2-4-10(5-3-9)8-18-13(17)19-14-11(15)6-7-12(14)16;12-5-1-2-6(13)10(5)17-9(16)18-11-7(14)3-4-8(11)15/h2-5H,6-8H2,1H3;1-4H2. The van der Waals surface area contributed by atoms with Crippen LogP contribution >= 0.6 is 0 Å². The minimum absolute atomic E-state index is 0.0231. The summed E-state index contributed by atoms with van der Waals surface area (Å²) in [4.78, 5) is 103. The number of carbonyl (C=O) groups is 8. The summed E-state index contributed by atoms with van der Waals surface area (Å²) >= 11 is 0. The highest BCUT2D eigenvalue weighted by Crippen LogP contribution is 2.16. The number of imide groups is 3. The van der Waals surface area contributed by atoms with Gasteiger partial charge in [0.2, 0.25) is 0 Å². The fraction of sp³-hybridized carbons (Fsp3) is 0.364. The third kappa shape index (κ3) is 7.09. The van der Waals surface area contributed by atoms with E-state index in [1.165, 1.54) is 0 Å². The molecule has 196 valence electrons. The zero-order valence-electron chi connectivity index (χ0n) is 19.5. The number of aryl methyl sites for hydroxylation is 1. The van der Waals surface area contributed by atoms with E-state index in [4.69, 9.17) is 4.74 Å². The van der Waals surface area contributed by atoms with Crippen LogP contribution in [0, 0.1) is 6.92 Å². The molecule has 3 aliphatic rings. The lowest BCUT2D eigenvalue weighted by Crippen LogP contribution is -2.37. The van der Waals surface area contributed by atoms with Crippen molar-refractivity contribution in [3.63, 3.8) is 0 Å². The van der Waals surface area contributed by atoms with Crippen LogP contribution < -0.4 is 0 Å². The second kappa shape index (κ2) is 11.7. The van der Waals surface area contributed by atoms with Gasteiger partial charge in [0.1, 0.15) is 6.61 Å². The third-order valence-corrected chi connectivity index (χ3v) is 4.99. The Morgan fingerprint density at radius 3 is 1.27 bits per heavy atom. The average molecular weight is 519 g/mol. The molecule has 3 heterocycles. The molecule has 0 aliphatic carbocycles. The van der Waals surface area contributed by atoms with Crippen LogP contribution in [0.15, 0.2) is 24.3 Å². The molecule has 3 saturated heterocycles. The normalized spacial score (nSPS) is 17.2. The molecule has 6 amide bonds. The molecule has 0 bridgehead atoms. The maximum Gasteiger partial charge on any atom is 0.560 e. The van der Waals surface area contributed by atoms with Crippen molar-refractivity contribution in [1.82, 2.24) is 15.2 Å². The van der Waals surface area contributed by atoms with E-state index in [9.17, 15) is 38.4 Å². The molecular weight excluding hydrogens is 498 g/mol. The van der Waals surface area contributed by atoms with E-state index in [-0.39, 0.29) is 55.3 Å². The first-order chi connectivity index (χ1) is 17.5. The molecule has 0 N–H and O–H groups in total. The Labute approximate surface area is 208 Å². The van der Waals surface area contributed by atoms with Crippen LogP contribution in [0.3, 0.4) is 0 Å². The van der Waals surface area contributed by atoms with Crippen LogP contribution in [0.2, 0.25) is 0 Å². The van der Waals surface area contributed by atoms with Crippen LogP contribution in [-0.2, 0) is 54.6 Å². The first-order valence-electron chi connectivity index (χ1n) is 10.9. The van der Waals surface area contributed by atoms with E-state index < -0.39 is 47.8 Å². The lowest BCUT2D eigenvalue weighted by molar-refractivity contribution is -0.198. The monoisotopic (exact) mass is 519 g/mol. The third-order valence-electron chi connectivity index (χ3n) is 4.99. The van der Waals surface area contributed by atoms with Gasteiger partial charge < -0.3 is 4.74 Å². The number of carbonyl (C=O) groups excluding carboxylic acids is 8. The molecule has 4 rings (SSSR count). The molecule has 15 nitrogen and oxygen atoms in total. The average Bonchev–Trinajstić information content (AvgIpc) is 3.47. The smallest absolute Gasteiger partial charge is 0.428 e. The summed E-state index contributed by atoms with van der Waals surface area (Å²) in [6.07, 6.45) is -2.68. The molecule has 1 aromatic carbocycles. The SMILES string of the molecule is Cc1ccc(COC(=O)ON2C(=O)CCC2=O)cc1.O=C(ON1C(=O)CCC1=O)ON1C(=O)CCC1=O. The predicted molar refractivity (Wildman–Crippen MR) is 113 cm³/mol. The molecule has 37 heavy (non-hydrogen) atoms. The predicted octanol–water partition coefficient (Wildman–Crippen LogP) is 0.980. The van der Waals surface area contributed by atoms with Crippen molar-refractivity contribution in [3.8, 4) is 0 Å². The lowest BCUT2D eigenvalue weighted by atomic mass is 10.2. The number of hydrogen-bond donors (Lipinski definition) is 0. The summed E-state index contributed by atoms with van der Waals surface area (Å²) in [6.45, 7) is 1.97. The van der Waals surface area contributed by atoms with E-state index in [2.05, 4.69) is 14.5 Å². The molecular formula is C22H21N3O12. The Morgan fingerprint density at radius 2 is 0.919 bits per heavy atom. The molecule has 0 spiro atoms. The van der Waals surface area contributed by atoms with Crippen molar-refractivity contribution in [2.24, 2.45) is 0 Å². The Balaban J connectivity index is 0.000000206. The van der Waals surface area contributed by atoms with Crippen molar-refractivity contribution >= 4 is 47.8 Å². The number of ether oxygens (including phenoxy) is 1. The number of hydrogen-bond acceptors (Lipinski definition) is 12. The first-order valence-corrected chi connectivity index (χ1v) is 10.9. The topological polar surface area (TPSA) is 183 Å². The van der Waals surface area contributed by atoms with Gasteiger partial charge in [0, 0.05) is 38.5 Å². The van der Waals surface area contributed by atoms with Crippen LogP contribution in [0.25, 0.3) is 0 Å². The minimum atomic E-state index is -1.48. The van der Waals surface area contributed by atoms with Gasteiger partial charge in [-0.1, -0.05) is 45.0 Å². The molecule has 0 unspecified atom stereocenters. The summed E-state index contributed by atoms with van der Waals surface area (Å²) in [5, 5.41) is 0.970. The van der Waals surface area contributed by atoms with Crippen molar-refractivity contribution in [2.75, 3.05) is 0 Å². The fourth-order valence-corrected chi connectivity index (χ4v) is 3.07. The van der Waals surface area contributed by atoms with Gasteiger partial charge >= 0.3 is 12.3 Å². The van der Waals surface area contributed by atoms with Gasteiger partial charge in [0.05, 0.1) is 0 Å². The maximum absolute atomic E-state index is 11.3. The van der Waals surface area contributed by atoms with Crippen molar-refractivity contribution < 1.29 is 57.6 Å². The van der Waals surface area contributed by atoms with Crippen LogP contribution in [-0.4, -0.2) is 62.9 Å². The van der Waals surface area contributed by atoms with Gasteiger partial charge in [-0.3, -0.25) is 43.3 Å². The Hall–Kier alpha value is -4.82. The van der Waals surface area contributed by atoms with E-state index in [0.717, 1.165) is 11.1 Å². The number of benzene rings is 1. The number of rotatable bonds is 5. The van der Waals surface area contributed by atoms with Crippen molar-refractivity contribution in [2.45, 2.75) is 52.1 Å². The second-order valence-electron chi connectivity index (χ2n) is 7.79. The van der Waals surface area contributed by atoms with Gasteiger partial charge in [-0.25, -0.2) is 4.79 Å². The van der Waals surface area contributed by atoms with Gasteiger partial charge in [-0.2, -0.15) is 4.79 Å². The largest absolute Gasteiger partial charge is 0.560 e. The first kappa shape index (κ1) is 26.8. The zero-order chi connectivity index (χ0) is 27.1. The van der Waals surface area contributed by atoms with Gasteiger partial charge in [-0.15, -0.1) is 0 Å². The van der Waals surface area contributed by atoms with E-state index in [1.54, 1.807) is 0 Å². The lowest BCUT2D eigenvalue weighted by Gasteiger charge is -2.15. The summed E-state index contributed by atoms with van der Waals surface area (Å²) in [6, 6.07) is 7.40.